The molecule has 6 nitrogen and oxygen atoms in total. The standard InChI is InChI=1S/C8H10N2O4/c1-13-4-5-14-6-2-3-9-7(10-6)8(11)12/h2-3H,4-5H2,1H3,(H,11,12). The Balaban J connectivity index is 2.59. The first kappa shape index (κ1) is 10.4. The normalized spacial score (nSPS) is 9.79. The Hall–Kier alpha value is -1.69. The fourth-order valence-electron chi connectivity index (χ4n) is 0.755. The van der Waals surface area contributed by atoms with Gasteiger partial charge >= 0.3 is 5.97 Å². The van der Waals surface area contributed by atoms with Crippen LogP contribution in [-0.2, 0) is 4.74 Å². The van der Waals surface area contributed by atoms with Gasteiger partial charge in [-0.2, -0.15) is 4.98 Å². The second kappa shape index (κ2) is 5.13. The quantitative estimate of drug-likeness (QED) is 0.680. The highest BCUT2D eigenvalue weighted by atomic mass is 16.5. The number of ether oxygens (including phenoxy) is 2. The van der Waals surface area contributed by atoms with Crippen LogP contribution in [0.25, 0.3) is 0 Å². The fourth-order valence-corrected chi connectivity index (χ4v) is 0.755. The van der Waals surface area contributed by atoms with E-state index in [1.54, 1.807) is 7.11 Å². The van der Waals surface area contributed by atoms with Gasteiger partial charge in [-0.15, -0.1) is 0 Å². The van der Waals surface area contributed by atoms with Crippen LogP contribution in [0.4, 0.5) is 0 Å². The highest BCUT2D eigenvalue weighted by molar-refractivity contribution is 5.83. The van der Waals surface area contributed by atoms with Gasteiger partial charge in [0.2, 0.25) is 11.7 Å². The molecule has 0 saturated heterocycles. The molecule has 1 heterocycles. The fraction of sp³-hybridized carbons (Fsp3) is 0.375. The molecule has 0 unspecified atom stereocenters. The van der Waals surface area contributed by atoms with Gasteiger partial charge in [0.15, 0.2) is 0 Å². The Morgan fingerprint density at radius 2 is 2.36 bits per heavy atom. The molecule has 14 heavy (non-hydrogen) atoms. The highest BCUT2D eigenvalue weighted by Gasteiger charge is 2.06. The van der Waals surface area contributed by atoms with Crippen molar-refractivity contribution < 1.29 is 19.4 Å². The first-order valence-corrected chi connectivity index (χ1v) is 3.92. The molecule has 1 aromatic heterocycles. The number of hydrogen-bond donors (Lipinski definition) is 1. The van der Waals surface area contributed by atoms with Crippen LogP contribution in [0.15, 0.2) is 12.3 Å². The van der Waals surface area contributed by atoms with Crippen molar-refractivity contribution in [1.82, 2.24) is 9.97 Å². The predicted octanol–water partition coefficient (Wildman–Crippen LogP) is 0.200. The molecule has 6 heteroatoms. The van der Waals surface area contributed by atoms with Crippen LogP contribution in [0, 0.1) is 0 Å². The summed E-state index contributed by atoms with van der Waals surface area (Å²) in [5, 5.41) is 8.58. The SMILES string of the molecule is COCCOc1ccnc(C(=O)O)n1. The first-order chi connectivity index (χ1) is 6.74. The molecular weight excluding hydrogens is 188 g/mol. The predicted molar refractivity (Wildman–Crippen MR) is 46.4 cm³/mol. The summed E-state index contributed by atoms with van der Waals surface area (Å²) in [6.45, 7) is 0.749. The molecule has 0 atom stereocenters. The van der Waals surface area contributed by atoms with Crippen LogP contribution in [-0.4, -0.2) is 41.4 Å². The molecule has 0 aromatic carbocycles. The Labute approximate surface area is 80.5 Å². The van der Waals surface area contributed by atoms with Crippen molar-refractivity contribution in [2.24, 2.45) is 0 Å². The van der Waals surface area contributed by atoms with Crippen LogP contribution in [0.5, 0.6) is 5.88 Å². The number of carboxylic acids is 1. The monoisotopic (exact) mass is 198 g/mol. The minimum absolute atomic E-state index is 0.231. The van der Waals surface area contributed by atoms with Crippen molar-refractivity contribution in [1.29, 1.82) is 0 Å². The van der Waals surface area contributed by atoms with Gasteiger partial charge in [0.1, 0.15) is 6.61 Å². The van der Waals surface area contributed by atoms with Crippen LogP contribution in [0.2, 0.25) is 0 Å². The van der Waals surface area contributed by atoms with Crippen molar-refractivity contribution in [2.75, 3.05) is 20.3 Å². The molecule has 0 fully saturated rings. The molecule has 0 aliphatic heterocycles. The molecule has 1 aromatic rings. The lowest BCUT2D eigenvalue weighted by atomic mass is 10.5. The Morgan fingerprint density at radius 3 is 3.00 bits per heavy atom. The summed E-state index contributed by atoms with van der Waals surface area (Å²) in [6, 6.07) is 1.49. The average Bonchev–Trinajstić information content (AvgIpc) is 2.19. The van der Waals surface area contributed by atoms with Crippen molar-refractivity contribution in [3.63, 3.8) is 0 Å². The second-order valence-corrected chi connectivity index (χ2v) is 2.36. The molecule has 0 saturated carbocycles. The van der Waals surface area contributed by atoms with Gasteiger partial charge in [-0.25, -0.2) is 9.78 Å². The molecule has 1 N–H and O–H groups in total. The van der Waals surface area contributed by atoms with Crippen molar-refractivity contribution in [2.45, 2.75) is 0 Å². The summed E-state index contributed by atoms with van der Waals surface area (Å²) in [7, 11) is 1.55. The minimum Gasteiger partial charge on any atom is -0.475 e. The average molecular weight is 198 g/mol. The van der Waals surface area contributed by atoms with E-state index in [0.29, 0.717) is 13.2 Å². The van der Waals surface area contributed by atoms with E-state index < -0.39 is 5.97 Å². The van der Waals surface area contributed by atoms with Gasteiger partial charge in [0.25, 0.3) is 0 Å². The smallest absolute Gasteiger partial charge is 0.374 e. The minimum atomic E-state index is -1.18. The lowest BCUT2D eigenvalue weighted by molar-refractivity contribution is 0.0681. The Bertz CT molecular complexity index is 316. The van der Waals surface area contributed by atoms with E-state index in [2.05, 4.69) is 9.97 Å². The number of hydrogen-bond acceptors (Lipinski definition) is 5. The van der Waals surface area contributed by atoms with Gasteiger partial charge in [-0.05, 0) is 0 Å². The summed E-state index contributed by atoms with van der Waals surface area (Å²) >= 11 is 0. The van der Waals surface area contributed by atoms with E-state index in [9.17, 15) is 4.79 Å². The zero-order chi connectivity index (χ0) is 10.4. The summed E-state index contributed by atoms with van der Waals surface area (Å²) in [4.78, 5) is 17.7. The van der Waals surface area contributed by atoms with Gasteiger partial charge < -0.3 is 14.6 Å². The summed E-state index contributed by atoms with van der Waals surface area (Å²) in [5.74, 6) is -1.23. The van der Waals surface area contributed by atoms with E-state index in [-0.39, 0.29) is 11.7 Å². The van der Waals surface area contributed by atoms with Gasteiger partial charge in [-0.1, -0.05) is 0 Å². The maximum absolute atomic E-state index is 10.5. The maximum atomic E-state index is 10.5. The third kappa shape index (κ3) is 2.98. The lowest BCUT2D eigenvalue weighted by Crippen LogP contribution is -2.09. The molecule has 1 rings (SSSR count). The lowest BCUT2D eigenvalue weighted by Gasteiger charge is -2.03. The Kier molecular flexibility index (Phi) is 3.81. The summed E-state index contributed by atoms with van der Waals surface area (Å²) < 4.78 is 9.85. The van der Waals surface area contributed by atoms with Gasteiger partial charge in [0, 0.05) is 19.4 Å². The summed E-state index contributed by atoms with van der Waals surface area (Å²) in [5.41, 5.74) is 0. The van der Waals surface area contributed by atoms with E-state index >= 15 is 0 Å². The summed E-state index contributed by atoms with van der Waals surface area (Å²) in [6.07, 6.45) is 1.33. The topological polar surface area (TPSA) is 81.5 Å². The molecule has 0 aliphatic carbocycles. The van der Waals surface area contributed by atoms with E-state index in [4.69, 9.17) is 14.6 Å². The second-order valence-electron chi connectivity index (χ2n) is 2.36. The largest absolute Gasteiger partial charge is 0.475 e. The molecule has 0 radical (unpaired) electrons. The van der Waals surface area contributed by atoms with Crippen LogP contribution in [0.3, 0.4) is 0 Å². The molecule has 0 amide bonds. The number of rotatable bonds is 5. The van der Waals surface area contributed by atoms with E-state index in [0.717, 1.165) is 0 Å². The van der Waals surface area contributed by atoms with Crippen molar-refractivity contribution >= 4 is 5.97 Å². The Morgan fingerprint density at radius 1 is 1.57 bits per heavy atom. The molecule has 0 spiro atoms. The van der Waals surface area contributed by atoms with Crippen molar-refractivity contribution in [3.05, 3.63) is 18.1 Å². The third-order valence-electron chi connectivity index (χ3n) is 1.36. The molecular formula is C8H10N2O4. The van der Waals surface area contributed by atoms with Crippen LogP contribution in [0.1, 0.15) is 10.6 Å². The van der Waals surface area contributed by atoms with Crippen LogP contribution >= 0.6 is 0 Å². The molecule has 0 bridgehead atoms. The molecule has 76 valence electrons. The number of nitrogens with zero attached hydrogens (tertiary/aromatic N) is 2. The van der Waals surface area contributed by atoms with Gasteiger partial charge in [-0.3, -0.25) is 0 Å². The maximum Gasteiger partial charge on any atom is 0.374 e. The third-order valence-corrected chi connectivity index (χ3v) is 1.36. The number of carbonyl (C=O) groups is 1. The number of carboxylic acid groups (broad SMARTS) is 1. The highest BCUT2D eigenvalue weighted by Crippen LogP contribution is 2.04. The first-order valence-electron chi connectivity index (χ1n) is 3.92. The van der Waals surface area contributed by atoms with E-state index in [1.165, 1.54) is 12.3 Å². The zero-order valence-corrected chi connectivity index (χ0v) is 7.64. The molecule has 0 aliphatic rings. The number of aromatic nitrogens is 2. The van der Waals surface area contributed by atoms with Crippen molar-refractivity contribution in [3.8, 4) is 5.88 Å². The van der Waals surface area contributed by atoms with Crippen LogP contribution < -0.4 is 4.74 Å². The van der Waals surface area contributed by atoms with E-state index in [1.807, 2.05) is 0 Å². The number of aromatic carboxylic acids is 1. The van der Waals surface area contributed by atoms with Gasteiger partial charge in [0.05, 0.1) is 6.61 Å². The zero-order valence-electron chi connectivity index (χ0n) is 7.64. The number of methoxy groups -OCH3 is 1.